The Morgan fingerprint density at radius 2 is 1.79 bits per heavy atom. The van der Waals surface area contributed by atoms with Crippen LogP contribution in [-0.4, -0.2) is 19.7 Å². The number of ether oxygens (including phenoxy) is 1. The van der Waals surface area contributed by atoms with Crippen LogP contribution in [0.3, 0.4) is 0 Å². The monoisotopic (exact) mass is 259 g/mol. The molecule has 1 N–H and O–H groups in total. The molecule has 2 nitrogen and oxygen atoms in total. The van der Waals surface area contributed by atoms with Crippen molar-refractivity contribution in [3.63, 3.8) is 0 Å². The fourth-order valence-corrected chi connectivity index (χ4v) is 2.76. The Labute approximate surface area is 116 Å². The molecular weight excluding hydrogens is 234 g/mol. The number of benzene rings is 1. The van der Waals surface area contributed by atoms with Crippen LogP contribution in [0.15, 0.2) is 36.4 Å². The lowest BCUT2D eigenvalue weighted by atomic mass is 9.78. The molecule has 0 aromatic heterocycles. The highest BCUT2D eigenvalue weighted by Gasteiger charge is 2.32. The van der Waals surface area contributed by atoms with Gasteiger partial charge in [-0.05, 0) is 50.4 Å². The minimum atomic E-state index is 0.250. The number of allylic oxidation sites excluding steroid dienone is 2. The largest absolute Gasteiger partial charge is 0.494 e. The molecule has 2 rings (SSSR count). The molecule has 104 valence electrons. The minimum Gasteiger partial charge on any atom is -0.494 e. The Morgan fingerprint density at radius 1 is 1.11 bits per heavy atom. The van der Waals surface area contributed by atoms with Gasteiger partial charge in [0.05, 0.1) is 6.61 Å². The molecule has 0 bridgehead atoms. The zero-order valence-corrected chi connectivity index (χ0v) is 12.1. The fraction of sp³-hybridized carbons (Fsp3) is 0.529. The summed E-state index contributed by atoms with van der Waals surface area (Å²) in [5.74, 6) is 0.967. The van der Waals surface area contributed by atoms with Crippen molar-refractivity contribution in [1.82, 2.24) is 5.32 Å². The molecule has 1 aromatic rings. The molecule has 0 spiro atoms. The summed E-state index contributed by atoms with van der Waals surface area (Å²) in [5, 5.41) is 3.58. The maximum Gasteiger partial charge on any atom is 0.119 e. The highest BCUT2D eigenvalue weighted by atomic mass is 16.5. The quantitative estimate of drug-likeness (QED) is 0.596. The first kappa shape index (κ1) is 14.1. The molecule has 0 unspecified atom stereocenters. The first-order valence-electron chi connectivity index (χ1n) is 7.40. The number of nitrogens with one attached hydrogen (secondary N) is 1. The van der Waals surface area contributed by atoms with Crippen molar-refractivity contribution in [2.75, 3.05) is 19.7 Å². The van der Waals surface area contributed by atoms with Gasteiger partial charge in [0.2, 0.25) is 0 Å². The third kappa shape index (κ3) is 3.38. The van der Waals surface area contributed by atoms with Crippen LogP contribution in [0.4, 0.5) is 0 Å². The van der Waals surface area contributed by atoms with Crippen LogP contribution in [0, 0.1) is 0 Å². The molecule has 0 atom stereocenters. The molecule has 0 aliphatic heterocycles. The zero-order chi connectivity index (χ0) is 13.6. The number of hydrogen-bond donors (Lipinski definition) is 1. The van der Waals surface area contributed by atoms with Gasteiger partial charge in [0.25, 0.3) is 0 Å². The van der Waals surface area contributed by atoms with E-state index in [1.54, 1.807) is 0 Å². The molecule has 0 heterocycles. The van der Waals surface area contributed by atoms with Crippen molar-refractivity contribution >= 4 is 0 Å². The van der Waals surface area contributed by atoms with E-state index in [0.29, 0.717) is 0 Å². The maximum absolute atomic E-state index is 5.52. The predicted molar refractivity (Wildman–Crippen MR) is 80.8 cm³/mol. The lowest BCUT2D eigenvalue weighted by Crippen LogP contribution is -2.36. The molecule has 0 amide bonds. The molecule has 19 heavy (non-hydrogen) atoms. The number of hydrogen-bond acceptors (Lipinski definition) is 2. The molecule has 0 radical (unpaired) electrons. The van der Waals surface area contributed by atoms with Crippen LogP contribution in [0.1, 0.15) is 38.7 Å². The molecular formula is C17H25NO. The van der Waals surface area contributed by atoms with E-state index in [1.807, 2.05) is 6.92 Å². The van der Waals surface area contributed by atoms with Crippen LogP contribution in [0.2, 0.25) is 0 Å². The highest BCUT2D eigenvalue weighted by molar-refractivity contribution is 5.35. The Morgan fingerprint density at radius 3 is 2.37 bits per heavy atom. The van der Waals surface area contributed by atoms with Gasteiger partial charge in [0.15, 0.2) is 0 Å². The SMILES string of the molecule is CCCNCC1(c2ccc(OCC)cc2)CC=CC1. The summed E-state index contributed by atoms with van der Waals surface area (Å²) in [6, 6.07) is 8.65. The maximum atomic E-state index is 5.52. The van der Waals surface area contributed by atoms with E-state index in [2.05, 4.69) is 48.7 Å². The predicted octanol–water partition coefficient (Wildman–Crippen LogP) is 3.67. The second-order valence-electron chi connectivity index (χ2n) is 5.29. The van der Waals surface area contributed by atoms with Crippen molar-refractivity contribution in [2.24, 2.45) is 0 Å². The van der Waals surface area contributed by atoms with Crippen molar-refractivity contribution in [1.29, 1.82) is 0 Å². The summed E-state index contributed by atoms with van der Waals surface area (Å²) in [6.07, 6.45) is 8.08. The van der Waals surface area contributed by atoms with Crippen molar-refractivity contribution < 1.29 is 4.74 Å². The van der Waals surface area contributed by atoms with Crippen LogP contribution in [-0.2, 0) is 5.41 Å². The second kappa shape index (κ2) is 6.76. The van der Waals surface area contributed by atoms with Crippen LogP contribution in [0.5, 0.6) is 5.75 Å². The standard InChI is InChI=1S/C17H25NO/c1-3-13-18-14-17(11-5-6-12-17)15-7-9-16(10-8-15)19-4-2/h5-10,18H,3-4,11-14H2,1-2H3. The molecule has 0 saturated carbocycles. The summed E-state index contributed by atoms with van der Waals surface area (Å²) in [4.78, 5) is 0. The average molecular weight is 259 g/mol. The van der Waals surface area contributed by atoms with Gasteiger partial charge in [-0.15, -0.1) is 0 Å². The van der Waals surface area contributed by atoms with Crippen molar-refractivity contribution in [3.8, 4) is 5.75 Å². The lowest BCUT2D eigenvalue weighted by Gasteiger charge is -2.30. The highest BCUT2D eigenvalue weighted by Crippen LogP contribution is 2.37. The van der Waals surface area contributed by atoms with Crippen LogP contribution >= 0.6 is 0 Å². The topological polar surface area (TPSA) is 21.3 Å². The molecule has 1 aliphatic carbocycles. The smallest absolute Gasteiger partial charge is 0.119 e. The normalized spacial score (nSPS) is 16.7. The van der Waals surface area contributed by atoms with Gasteiger partial charge in [-0.2, -0.15) is 0 Å². The summed E-state index contributed by atoms with van der Waals surface area (Å²) >= 11 is 0. The summed E-state index contributed by atoms with van der Waals surface area (Å²) < 4.78 is 5.52. The third-order valence-corrected chi connectivity index (χ3v) is 3.85. The molecule has 1 aromatic carbocycles. The summed E-state index contributed by atoms with van der Waals surface area (Å²) in [5.41, 5.74) is 1.67. The van der Waals surface area contributed by atoms with Crippen LogP contribution in [0.25, 0.3) is 0 Å². The van der Waals surface area contributed by atoms with E-state index < -0.39 is 0 Å². The first-order valence-corrected chi connectivity index (χ1v) is 7.40. The van der Waals surface area contributed by atoms with Gasteiger partial charge in [-0.3, -0.25) is 0 Å². The molecule has 1 aliphatic rings. The van der Waals surface area contributed by atoms with E-state index >= 15 is 0 Å². The van der Waals surface area contributed by atoms with Gasteiger partial charge < -0.3 is 10.1 Å². The molecule has 2 heteroatoms. The van der Waals surface area contributed by atoms with E-state index in [4.69, 9.17) is 4.74 Å². The van der Waals surface area contributed by atoms with Gasteiger partial charge in [0.1, 0.15) is 5.75 Å². The van der Waals surface area contributed by atoms with E-state index in [0.717, 1.165) is 38.3 Å². The Hall–Kier alpha value is -1.28. The average Bonchev–Trinajstić information content (AvgIpc) is 2.90. The molecule has 0 fully saturated rings. The van der Waals surface area contributed by atoms with E-state index in [9.17, 15) is 0 Å². The van der Waals surface area contributed by atoms with Crippen LogP contribution < -0.4 is 10.1 Å². The van der Waals surface area contributed by atoms with Gasteiger partial charge in [0, 0.05) is 12.0 Å². The van der Waals surface area contributed by atoms with Crippen molar-refractivity contribution in [2.45, 2.75) is 38.5 Å². The van der Waals surface area contributed by atoms with Crippen molar-refractivity contribution in [3.05, 3.63) is 42.0 Å². The number of rotatable bonds is 7. The van der Waals surface area contributed by atoms with E-state index in [1.165, 1.54) is 12.0 Å². The first-order chi connectivity index (χ1) is 9.30. The Kier molecular flexibility index (Phi) is 5.03. The third-order valence-electron chi connectivity index (χ3n) is 3.85. The summed E-state index contributed by atoms with van der Waals surface area (Å²) in [6.45, 7) is 7.11. The van der Waals surface area contributed by atoms with Gasteiger partial charge in [-0.25, -0.2) is 0 Å². The van der Waals surface area contributed by atoms with E-state index in [-0.39, 0.29) is 5.41 Å². The van der Waals surface area contributed by atoms with Gasteiger partial charge in [-0.1, -0.05) is 31.2 Å². The fourth-order valence-electron chi connectivity index (χ4n) is 2.76. The Bertz CT molecular complexity index is 400. The lowest BCUT2D eigenvalue weighted by molar-refractivity contribution is 0.339. The zero-order valence-electron chi connectivity index (χ0n) is 12.1. The Balaban J connectivity index is 2.09. The minimum absolute atomic E-state index is 0.250. The summed E-state index contributed by atoms with van der Waals surface area (Å²) in [7, 11) is 0. The van der Waals surface area contributed by atoms with Gasteiger partial charge >= 0.3 is 0 Å². The molecule has 0 saturated heterocycles. The second-order valence-corrected chi connectivity index (χ2v) is 5.29.